The van der Waals surface area contributed by atoms with Gasteiger partial charge in [-0.15, -0.1) is 0 Å². The molecular weight excluding hydrogens is 343 g/mol. The molecule has 0 saturated heterocycles. The number of hydrogen-bond acceptors (Lipinski definition) is 4. The molecule has 4 rings (SSSR count). The minimum Gasteiger partial charge on any atom is -0.303 e. The van der Waals surface area contributed by atoms with Crippen LogP contribution in [0.25, 0.3) is 11.0 Å². The smallest absolute Gasteiger partial charge is 0.278 e. The summed E-state index contributed by atoms with van der Waals surface area (Å²) in [5.74, 6) is -0.679. The Morgan fingerprint density at radius 3 is 2.44 bits per heavy atom. The van der Waals surface area contributed by atoms with Crippen LogP contribution in [0.3, 0.4) is 0 Å². The summed E-state index contributed by atoms with van der Waals surface area (Å²) < 4.78 is 13.3. The molecule has 0 spiro atoms. The molecule has 2 heterocycles. The van der Waals surface area contributed by atoms with Gasteiger partial charge in [-0.2, -0.15) is 0 Å². The van der Waals surface area contributed by atoms with Crippen molar-refractivity contribution in [2.45, 2.75) is 6.54 Å². The SMILES string of the molecule is O=C(c1cnc2ccccc2n1)N(Cc1cccnc1)c1ccc(F)cc1. The van der Waals surface area contributed by atoms with Crippen LogP contribution in [0.5, 0.6) is 0 Å². The van der Waals surface area contributed by atoms with Crippen molar-refractivity contribution in [1.82, 2.24) is 15.0 Å². The molecule has 0 N–H and O–H groups in total. The fourth-order valence-electron chi connectivity index (χ4n) is 2.77. The third-order valence-electron chi connectivity index (χ3n) is 4.11. The van der Waals surface area contributed by atoms with E-state index in [2.05, 4.69) is 15.0 Å². The number of para-hydroxylation sites is 2. The lowest BCUT2D eigenvalue weighted by molar-refractivity contribution is 0.0980. The summed E-state index contributed by atoms with van der Waals surface area (Å²) in [6.45, 7) is 0.285. The quantitative estimate of drug-likeness (QED) is 0.553. The normalized spacial score (nSPS) is 10.7. The molecule has 0 aliphatic carbocycles. The van der Waals surface area contributed by atoms with Crippen LogP contribution in [-0.4, -0.2) is 20.9 Å². The summed E-state index contributed by atoms with van der Waals surface area (Å²) >= 11 is 0. The molecular formula is C21H15FN4O. The van der Waals surface area contributed by atoms with E-state index in [1.807, 2.05) is 30.3 Å². The van der Waals surface area contributed by atoms with Gasteiger partial charge in [0.1, 0.15) is 11.5 Å². The highest BCUT2D eigenvalue weighted by Gasteiger charge is 2.20. The van der Waals surface area contributed by atoms with Crippen LogP contribution in [0, 0.1) is 5.82 Å². The molecule has 0 saturated carbocycles. The van der Waals surface area contributed by atoms with E-state index in [-0.39, 0.29) is 24.0 Å². The van der Waals surface area contributed by atoms with E-state index in [1.54, 1.807) is 30.6 Å². The van der Waals surface area contributed by atoms with Crippen molar-refractivity contribution in [3.8, 4) is 0 Å². The van der Waals surface area contributed by atoms with Gasteiger partial charge in [0.05, 0.1) is 23.8 Å². The first kappa shape index (κ1) is 16.8. The molecule has 1 amide bonds. The predicted molar refractivity (Wildman–Crippen MR) is 101 cm³/mol. The standard InChI is InChI=1S/C21H15FN4O/c22-16-7-9-17(10-8-16)26(14-15-4-3-11-23-12-15)21(27)20-13-24-18-5-1-2-6-19(18)25-20/h1-13H,14H2. The molecule has 132 valence electrons. The third-order valence-corrected chi connectivity index (χ3v) is 4.11. The van der Waals surface area contributed by atoms with E-state index >= 15 is 0 Å². The Bertz CT molecular complexity index is 1080. The molecule has 0 fully saturated rings. The molecule has 0 aliphatic rings. The average molecular weight is 358 g/mol. The number of aromatic nitrogens is 3. The van der Waals surface area contributed by atoms with Gasteiger partial charge in [-0.3, -0.25) is 14.8 Å². The number of amides is 1. The maximum atomic E-state index is 13.3. The summed E-state index contributed by atoms with van der Waals surface area (Å²) in [6.07, 6.45) is 4.82. The number of carbonyl (C=O) groups excluding carboxylic acids is 1. The molecule has 0 atom stereocenters. The molecule has 0 aliphatic heterocycles. The van der Waals surface area contributed by atoms with Crippen molar-refractivity contribution in [3.05, 3.63) is 96.3 Å². The second-order valence-corrected chi connectivity index (χ2v) is 5.97. The van der Waals surface area contributed by atoms with E-state index in [4.69, 9.17) is 0 Å². The zero-order valence-corrected chi connectivity index (χ0v) is 14.3. The molecule has 4 aromatic rings. The molecule has 5 nitrogen and oxygen atoms in total. The van der Waals surface area contributed by atoms with Crippen molar-refractivity contribution in [1.29, 1.82) is 0 Å². The highest BCUT2D eigenvalue weighted by Crippen LogP contribution is 2.21. The molecule has 27 heavy (non-hydrogen) atoms. The molecule has 0 bridgehead atoms. The Hall–Kier alpha value is -3.67. The number of benzene rings is 2. The topological polar surface area (TPSA) is 59.0 Å². The molecule has 2 aromatic carbocycles. The van der Waals surface area contributed by atoms with Crippen LogP contribution in [-0.2, 0) is 6.54 Å². The number of anilines is 1. The Morgan fingerprint density at radius 2 is 1.70 bits per heavy atom. The largest absolute Gasteiger partial charge is 0.303 e. The van der Waals surface area contributed by atoms with Gasteiger partial charge in [0, 0.05) is 18.1 Å². The number of hydrogen-bond donors (Lipinski definition) is 0. The van der Waals surface area contributed by atoms with E-state index in [0.29, 0.717) is 11.2 Å². The fourth-order valence-corrected chi connectivity index (χ4v) is 2.77. The Balaban J connectivity index is 1.73. The number of fused-ring (bicyclic) bond motifs is 1. The second-order valence-electron chi connectivity index (χ2n) is 5.97. The third kappa shape index (κ3) is 3.64. The Kier molecular flexibility index (Phi) is 4.53. The van der Waals surface area contributed by atoms with Crippen molar-refractivity contribution in [2.75, 3.05) is 4.90 Å². The highest BCUT2D eigenvalue weighted by molar-refractivity contribution is 6.05. The Morgan fingerprint density at radius 1 is 0.926 bits per heavy atom. The molecule has 6 heteroatoms. The number of carbonyl (C=O) groups is 1. The van der Waals surface area contributed by atoms with Gasteiger partial charge in [-0.1, -0.05) is 18.2 Å². The van der Waals surface area contributed by atoms with Gasteiger partial charge in [-0.25, -0.2) is 9.37 Å². The lowest BCUT2D eigenvalue weighted by atomic mass is 10.2. The van der Waals surface area contributed by atoms with Crippen molar-refractivity contribution < 1.29 is 9.18 Å². The predicted octanol–water partition coefficient (Wildman–Crippen LogP) is 4.01. The van der Waals surface area contributed by atoms with E-state index in [9.17, 15) is 9.18 Å². The zero-order chi connectivity index (χ0) is 18.6. The maximum absolute atomic E-state index is 13.3. The molecule has 0 unspecified atom stereocenters. The van der Waals surface area contributed by atoms with E-state index in [1.165, 1.54) is 23.2 Å². The van der Waals surface area contributed by atoms with Gasteiger partial charge >= 0.3 is 0 Å². The number of nitrogens with zero attached hydrogens (tertiary/aromatic N) is 4. The first-order chi connectivity index (χ1) is 13.2. The van der Waals surface area contributed by atoms with E-state index in [0.717, 1.165) is 11.1 Å². The van der Waals surface area contributed by atoms with Gasteiger partial charge in [0.2, 0.25) is 0 Å². The van der Waals surface area contributed by atoms with Crippen LogP contribution >= 0.6 is 0 Å². The first-order valence-corrected chi connectivity index (χ1v) is 8.39. The lowest BCUT2D eigenvalue weighted by Crippen LogP contribution is -2.31. The minimum absolute atomic E-state index is 0.224. The van der Waals surface area contributed by atoms with Crippen molar-refractivity contribution >= 4 is 22.6 Å². The van der Waals surface area contributed by atoms with Crippen LogP contribution in [0.4, 0.5) is 10.1 Å². The van der Waals surface area contributed by atoms with Crippen molar-refractivity contribution in [2.24, 2.45) is 0 Å². The van der Waals surface area contributed by atoms with Crippen LogP contribution in [0.2, 0.25) is 0 Å². The fraction of sp³-hybridized carbons (Fsp3) is 0.0476. The molecule has 0 radical (unpaired) electrons. The summed E-state index contributed by atoms with van der Waals surface area (Å²) in [5, 5.41) is 0. The minimum atomic E-state index is -0.363. The first-order valence-electron chi connectivity index (χ1n) is 8.39. The maximum Gasteiger partial charge on any atom is 0.278 e. The van der Waals surface area contributed by atoms with Gasteiger partial charge in [0.25, 0.3) is 5.91 Å². The number of rotatable bonds is 4. The van der Waals surface area contributed by atoms with Gasteiger partial charge in [0.15, 0.2) is 0 Å². The summed E-state index contributed by atoms with van der Waals surface area (Å²) in [5.41, 5.74) is 3.00. The van der Waals surface area contributed by atoms with Crippen LogP contribution in [0.15, 0.2) is 79.3 Å². The van der Waals surface area contributed by atoms with Gasteiger partial charge < -0.3 is 4.90 Å². The van der Waals surface area contributed by atoms with Crippen LogP contribution < -0.4 is 4.90 Å². The zero-order valence-electron chi connectivity index (χ0n) is 14.3. The monoisotopic (exact) mass is 358 g/mol. The van der Waals surface area contributed by atoms with Crippen molar-refractivity contribution in [3.63, 3.8) is 0 Å². The van der Waals surface area contributed by atoms with Crippen LogP contribution in [0.1, 0.15) is 16.1 Å². The number of pyridine rings is 1. The lowest BCUT2D eigenvalue weighted by Gasteiger charge is -2.22. The average Bonchev–Trinajstić information content (AvgIpc) is 2.73. The summed E-state index contributed by atoms with van der Waals surface area (Å²) in [4.78, 5) is 27.6. The second kappa shape index (κ2) is 7.29. The highest BCUT2D eigenvalue weighted by atomic mass is 19.1. The van der Waals surface area contributed by atoms with Gasteiger partial charge in [-0.05, 0) is 48.0 Å². The molecule has 2 aromatic heterocycles. The summed E-state index contributed by atoms with van der Waals surface area (Å²) in [6, 6.07) is 16.8. The van der Waals surface area contributed by atoms with E-state index < -0.39 is 0 Å². The summed E-state index contributed by atoms with van der Waals surface area (Å²) in [7, 11) is 0. The Labute approximate surface area is 155 Å². The number of halogens is 1.